The molecular formula is C12H24N2O4. The molecule has 0 saturated heterocycles. The van der Waals surface area contributed by atoms with E-state index in [4.69, 9.17) is 0 Å². The Morgan fingerprint density at radius 3 is 2.56 bits per heavy atom. The van der Waals surface area contributed by atoms with Crippen molar-refractivity contribution in [1.29, 1.82) is 0 Å². The summed E-state index contributed by atoms with van der Waals surface area (Å²) in [5, 5.41) is 12.2. The van der Waals surface area contributed by atoms with E-state index in [1.54, 1.807) is 0 Å². The van der Waals surface area contributed by atoms with Gasteiger partial charge in [0.25, 0.3) is 5.09 Å². The summed E-state index contributed by atoms with van der Waals surface area (Å²) in [6, 6.07) is 0. The van der Waals surface area contributed by atoms with Crippen molar-refractivity contribution in [2.45, 2.75) is 59.0 Å². The molecule has 0 aromatic heterocycles. The Morgan fingerprint density at radius 2 is 2.06 bits per heavy atom. The maximum atomic E-state index is 11.4. The van der Waals surface area contributed by atoms with Gasteiger partial charge in [0.05, 0.1) is 0 Å². The lowest BCUT2D eigenvalue weighted by Gasteiger charge is -2.12. The van der Waals surface area contributed by atoms with Crippen LogP contribution < -0.4 is 5.32 Å². The smallest absolute Gasteiger partial charge is 0.294 e. The molecule has 0 radical (unpaired) electrons. The van der Waals surface area contributed by atoms with Crippen LogP contribution in [0.25, 0.3) is 0 Å². The van der Waals surface area contributed by atoms with Crippen LogP contribution in [0, 0.1) is 16.0 Å². The highest BCUT2D eigenvalue weighted by Gasteiger charge is 2.11. The fourth-order valence-electron chi connectivity index (χ4n) is 1.53. The van der Waals surface area contributed by atoms with Crippen molar-refractivity contribution in [3.05, 3.63) is 10.1 Å². The van der Waals surface area contributed by atoms with E-state index in [-0.39, 0.29) is 5.91 Å². The van der Waals surface area contributed by atoms with Crippen LogP contribution in [0.3, 0.4) is 0 Å². The largest absolute Gasteiger partial charge is 0.356 e. The summed E-state index contributed by atoms with van der Waals surface area (Å²) in [5.74, 6) is 0.579. The first kappa shape index (κ1) is 16.7. The summed E-state index contributed by atoms with van der Waals surface area (Å²) in [4.78, 5) is 26.1. The summed E-state index contributed by atoms with van der Waals surface area (Å²) >= 11 is 0. The van der Waals surface area contributed by atoms with Crippen molar-refractivity contribution in [1.82, 2.24) is 5.32 Å². The Balaban J connectivity index is 3.62. The average Bonchev–Trinajstić information content (AvgIpc) is 2.26. The minimum absolute atomic E-state index is 0.00612. The van der Waals surface area contributed by atoms with Crippen molar-refractivity contribution >= 4 is 5.91 Å². The molecule has 0 fully saturated rings. The third kappa shape index (κ3) is 9.86. The SMILES string of the molecule is CCC(CCCC(=O)NCCC(C)C)O[N+](=O)[O-]. The normalized spacial score (nSPS) is 12.2. The molecule has 0 saturated carbocycles. The van der Waals surface area contributed by atoms with Crippen molar-refractivity contribution in [3.8, 4) is 0 Å². The van der Waals surface area contributed by atoms with Crippen LogP contribution in [0.1, 0.15) is 52.9 Å². The highest BCUT2D eigenvalue weighted by Crippen LogP contribution is 2.08. The molecule has 0 heterocycles. The highest BCUT2D eigenvalue weighted by molar-refractivity contribution is 5.75. The van der Waals surface area contributed by atoms with Gasteiger partial charge in [0, 0.05) is 13.0 Å². The molecule has 0 aromatic carbocycles. The van der Waals surface area contributed by atoms with Gasteiger partial charge in [-0.25, -0.2) is 0 Å². The average molecular weight is 260 g/mol. The van der Waals surface area contributed by atoms with Gasteiger partial charge in [0.2, 0.25) is 5.91 Å². The van der Waals surface area contributed by atoms with Crippen LogP contribution in [0.5, 0.6) is 0 Å². The molecule has 6 heteroatoms. The van der Waals surface area contributed by atoms with Crippen LogP contribution in [0.2, 0.25) is 0 Å². The van der Waals surface area contributed by atoms with Gasteiger partial charge in [0.1, 0.15) is 6.10 Å². The fraction of sp³-hybridized carbons (Fsp3) is 0.917. The first-order valence-electron chi connectivity index (χ1n) is 6.53. The van der Waals surface area contributed by atoms with Crippen molar-refractivity contribution in [3.63, 3.8) is 0 Å². The maximum Gasteiger partial charge on any atom is 0.294 e. The molecule has 0 aromatic rings. The van der Waals surface area contributed by atoms with E-state index in [2.05, 4.69) is 24.0 Å². The van der Waals surface area contributed by atoms with Gasteiger partial charge in [-0.1, -0.05) is 20.8 Å². The Bertz CT molecular complexity index is 256. The number of nitrogens with one attached hydrogen (secondary N) is 1. The van der Waals surface area contributed by atoms with E-state index in [0.29, 0.717) is 38.1 Å². The van der Waals surface area contributed by atoms with E-state index in [1.807, 2.05) is 6.92 Å². The Kier molecular flexibility index (Phi) is 8.96. The summed E-state index contributed by atoms with van der Waals surface area (Å²) < 4.78 is 0. The van der Waals surface area contributed by atoms with Crippen molar-refractivity contribution in [2.75, 3.05) is 6.54 Å². The topological polar surface area (TPSA) is 81.5 Å². The molecule has 0 aliphatic rings. The van der Waals surface area contributed by atoms with E-state index in [0.717, 1.165) is 6.42 Å². The lowest BCUT2D eigenvalue weighted by atomic mass is 10.1. The number of hydrogen-bond acceptors (Lipinski definition) is 4. The molecule has 0 rings (SSSR count). The molecule has 6 nitrogen and oxygen atoms in total. The molecule has 0 spiro atoms. The molecule has 106 valence electrons. The van der Waals surface area contributed by atoms with Crippen LogP contribution in [0.15, 0.2) is 0 Å². The number of nitrogens with zero attached hydrogens (tertiary/aromatic N) is 1. The minimum atomic E-state index is -0.767. The summed E-state index contributed by atoms with van der Waals surface area (Å²) in [5.41, 5.74) is 0. The lowest BCUT2D eigenvalue weighted by Crippen LogP contribution is -2.25. The van der Waals surface area contributed by atoms with Gasteiger partial charge in [-0.3, -0.25) is 4.79 Å². The van der Waals surface area contributed by atoms with E-state index >= 15 is 0 Å². The molecular weight excluding hydrogens is 236 g/mol. The van der Waals surface area contributed by atoms with Crippen LogP contribution in [-0.2, 0) is 9.63 Å². The molecule has 0 bridgehead atoms. The first-order valence-corrected chi connectivity index (χ1v) is 6.53. The zero-order valence-corrected chi connectivity index (χ0v) is 11.5. The Labute approximate surface area is 108 Å². The van der Waals surface area contributed by atoms with Gasteiger partial charge in [0.15, 0.2) is 0 Å². The number of rotatable bonds is 10. The number of amides is 1. The molecule has 1 N–H and O–H groups in total. The van der Waals surface area contributed by atoms with Gasteiger partial charge < -0.3 is 10.2 Å². The summed E-state index contributed by atoms with van der Waals surface area (Å²) in [6.45, 7) is 6.73. The van der Waals surface area contributed by atoms with Crippen LogP contribution in [-0.4, -0.2) is 23.6 Å². The standard InChI is InChI=1S/C12H24N2O4/c1-4-11(18-14(16)17)6-5-7-12(15)13-9-8-10(2)3/h10-11H,4-9H2,1-3H3,(H,13,15). The molecule has 1 atom stereocenters. The predicted molar refractivity (Wildman–Crippen MR) is 68.5 cm³/mol. The molecule has 0 aliphatic heterocycles. The maximum absolute atomic E-state index is 11.4. The third-order valence-corrected chi connectivity index (χ3v) is 2.66. The molecule has 1 amide bonds. The van der Waals surface area contributed by atoms with E-state index in [9.17, 15) is 14.9 Å². The number of hydrogen-bond donors (Lipinski definition) is 1. The zero-order valence-electron chi connectivity index (χ0n) is 11.5. The van der Waals surface area contributed by atoms with Gasteiger partial charge in [-0.05, 0) is 31.6 Å². The van der Waals surface area contributed by atoms with E-state index < -0.39 is 11.2 Å². The zero-order chi connectivity index (χ0) is 14.0. The van der Waals surface area contributed by atoms with Crippen LogP contribution in [0.4, 0.5) is 0 Å². The van der Waals surface area contributed by atoms with Crippen molar-refractivity contribution in [2.24, 2.45) is 5.92 Å². The molecule has 18 heavy (non-hydrogen) atoms. The first-order chi connectivity index (χ1) is 8.45. The van der Waals surface area contributed by atoms with Gasteiger partial charge >= 0.3 is 0 Å². The second-order valence-electron chi connectivity index (χ2n) is 4.78. The highest BCUT2D eigenvalue weighted by atomic mass is 17.0. The summed E-state index contributed by atoms with van der Waals surface area (Å²) in [7, 11) is 0. The fourth-order valence-corrected chi connectivity index (χ4v) is 1.53. The van der Waals surface area contributed by atoms with Crippen LogP contribution >= 0.6 is 0 Å². The van der Waals surface area contributed by atoms with Gasteiger partial charge in [-0.2, -0.15) is 0 Å². The Morgan fingerprint density at radius 1 is 1.39 bits per heavy atom. The third-order valence-electron chi connectivity index (χ3n) is 2.66. The van der Waals surface area contributed by atoms with Crippen molar-refractivity contribution < 1.29 is 14.7 Å². The number of carbonyl (C=O) groups excluding carboxylic acids is 1. The minimum Gasteiger partial charge on any atom is -0.356 e. The second-order valence-corrected chi connectivity index (χ2v) is 4.78. The number of carbonyl (C=O) groups is 1. The quantitative estimate of drug-likeness (QED) is 0.482. The molecule has 1 unspecified atom stereocenters. The second kappa shape index (κ2) is 9.67. The van der Waals surface area contributed by atoms with Gasteiger partial charge in [-0.15, -0.1) is 10.1 Å². The lowest BCUT2D eigenvalue weighted by molar-refractivity contribution is -0.768. The monoisotopic (exact) mass is 260 g/mol. The Hall–Kier alpha value is -1.33. The van der Waals surface area contributed by atoms with E-state index in [1.165, 1.54) is 0 Å². The summed E-state index contributed by atoms with van der Waals surface area (Å²) in [6.07, 6.45) is 2.69. The molecule has 0 aliphatic carbocycles. The predicted octanol–water partition coefficient (Wildman–Crippen LogP) is 2.31.